The van der Waals surface area contributed by atoms with Gasteiger partial charge in [-0.3, -0.25) is 0 Å². The van der Waals surface area contributed by atoms with Crippen LogP contribution in [0.25, 0.3) is 0 Å². The number of aromatic nitrogens is 2. The predicted octanol–water partition coefficient (Wildman–Crippen LogP) is 4.88. The zero-order valence-corrected chi connectivity index (χ0v) is 18.7. The summed E-state index contributed by atoms with van der Waals surface area (Å²) in [5.74, 6) is 2.59. The Balaban J connectivity index is 1.38. The first-order valence-electron chi connectivity index (χ1n) is 11.9. The summed E-state index contributed by atoms with van der Waals surface area (Å²) in [4.78, 5) is 11.9. The van der Waals surface area contributed by atoms with Crippen molar-refractivity contribution < 1.29 is 4.74 Å². The lowest BCUT2D eigenvalue weighted by molar-refractivity contribution is 0.301. The number of piperidine rings is 1. The summed E-state index contributed by atoms with van der Waals surface area (Å²) in [6.45, 7) is 6.01. The number of benzene rings is 2. The van der Waals surface area contributed by atoms with Crippen molar-refractivity contribution in [3.63, 3.8) is 0 Å². The quantitative estimate of drug-likeness (QED) is 0.644. The summed E-state index contributed by atoms with van der Waals surface area (Å²) in [6, 6.07) is 17.1. The molecule has 0 saturated carbocycles. The van der Waals surface area contributed by atoms with Gasteiger partial charge in [0.25, 0.3) is 0 Å². The highest BCUT2D eigenvalue weighted by Crippen LogP contribution is 2.51. The Labute approximate surface area is 189 Å². The van der Waals surface area contributed by atoms with Gasteiger partial charge in [-0.15, -0.1) is 0 Å². The second kappa shape index (κ2) is 7.89. The Morgan fingerprint density at radius 1 is 1.09 bits per heavy atom. The first-order valence-corrected chi connectivity index (χ1v) is 11.9. The minimum absolute atomic E-state index is 0.145. The van der Waals surface area contributed by atoms with Crippen molar-refractivity contribution >= 4 is 11.5 Å². The maximum Gasteiger partial charge on any atom is 0.140 e. The number of anilines is 2. The molecule has 164 valence electrons. The summed E-state index contributed by atoms with van der Waals surface area (Å²) >= 11 is 0. The van der Waals surface area contributed by atoms with E-state index >= 15 is 0 Å². The van der Waals surface area contributed by atoms with Crippen LogP contribution in [-0.2, 0) is 18.4 Å². The number of nitrogens with one attached hydrogen (secondary N) is 1. The van der Waals surface area contributed by atoms with Crippen LogP contribution >= 0.6 is 0 Å². The summed E-state index contributed by atoms with van der Waals surface area (Å²) in [7, 11) is 0. The van der Waals surface area contributed by atoms with Crippen LogP contribution in [0.4, 0.5) is 11.5 Å². The molecule has 3 aliphatic rings. The summed E-state index contributed by atoms with van der Waals surface area (Å²) in [5, 5.41) is 3.56. The predicted molar refractivity (Wildman–Crippen MR) is 127 cm³/mol. The van der Waals surface area contributed by atoms with Crippen molar-refractivity contribution in [1.29, 1.82) is 0 Å². The fourth-order valence-electron chi connectivity index (χ4n) is 5.84. The van der Waals surface area contributed by atoms with E-state index in [2.05, 4.69) is 64.6 Å². The van der Waals surface area contributed by atoms with Gasteiger partial charge in [-0.25, -0.2) is 9.97 Å². The summed E-state index contributed by atoms with van der Waals surface area (Å²) < 4.78 is 6.22. The average molecular weight is 427 g/mol. The molecular weight excluding hydrogens is 396 g/mol. The molecule has 1 aromatic heterocycles. The van der Waals surface area contributed by atoms with Gasteiger partial charge in [0, 0.05) is 28.9 Å². The number of hydrogen-bond donors (Lipinski definition) is 1. The minimum atomic E-state index is 0.145. The van der Waals surface area contributed by atoms with Gasteiger partial charge in [-0.1, -0.05) is 37.3 Å². The van der Waals surface area contributed by atoms with Crippen LogP contribution < -0.4 is 15.0 Å². The molecule has 0 bridgehead atoms. The van der Waals surface area contributed by atoms with Gasteiger partial charge in [0.2, 0.25) is 0 Å². The molecule has 32 heavy (non-hydrogen) atoms. The smallest absolute Gasteiger partial charge is 0.140 e. The number of hydrogen-bond acceptors (Lipinski definition) is 5. The normalized spacial score (nSPS) is 20.9. The Hall–Kier alpha value is -2.92. The van der Waals surface area contributed by atoms with Gasteiger partial charge in [-0.05, 0) is 74.0 Å². The molecule has 0 amide bonds. The molecule has 5 heteroatoms. The zero-order chi connectivity index (χ0) is 21.5. The van der Waals surface area contributed by atoms with E-state index in [1.807, 2.05) is 6.07 Å². The standard InChI is InChI=1S/C27H30N4O/c1-19-7-9-23-25(19)26(30-18-29-23)31-17-27(11-13-28-14-12-27)22-15-21(8-10-24(22)31)32-16-20-5-3-2-4-6-20/h2-6,8,10,15,18-19,28H,7,9,11-14,16-17H2,1H3/t19-/m1/s1. The Morgan fingerprint density at radius 3 is 2.78 bits per heavy atom. The molecule has 5 nitrogen and oxygen atoms in total. The van der Waals surface area contributed by atoms with Crippen molar-refractivity contribution in [2.24, 2.45) is 0 Å². The van der Waals surface area contributed by atoms with Crippen molar-refractivity contribution in [1.82, 2.24) is 15.3 Å². The topological polar surface area (TPSA) is 50.3 Å². The van der Waals surface area contributed by atoms with Gasteiger partial charge >= 0.3 is 0 Å². The number of aryl methyl sites for hydroxylation is 1. The molecule has 2 aliphatic heterocycles. The molecule has 2 aromatic carbocycles. The monoisotopic (exact) mass is 426 g/mol. The first kappa shape index (κ1) is 19.7. The molecule has 0 unspecified atom stereocenters. The van der Waals surface area contributed by atoms with E-state index in [0.717, 1.165) is 50.5 Å². The number of ether oxygens (including phenoxy) is 1. The molecule has 6 rings (SSSR count). The zero-order valence-electron chi connectivity index (χ0n) is 18.7. The van der Waals surface area contributed by atoms with Gasteiger partial charge in [0.15, 0.2) is 0 Å². The van der Waals surface area contributed by atoms with Gasteiger partial charge < -0.3 is 15.0 Å². The molecule has 1 fully saturated rings. The van der Waals surface area contributed by atoms with Crippen LogP contribution in [0.3, 0.4) is 0 Å². The second-order valence-corrected chi connectivity index (χ2v) is 9.57. The van der Waals surface area contributed by atoms with Gasteiger partial charge in [-0.2, -0.15) is 0 Å². The largest absolute Gasteiger partial charge is 0.489 e. The molecule has 1 atom stereocenters. The molecule has 1 N–H and O–H groups in total. The van der Waals surface area contributed by atoms with Crippen molar-refractivity contribution in [3.05, 3.63) is 77.2 Å². The minimum Gasteiger partial charge on any atom is -0.489 e. The SMILES string of the molecule is C[C@@H]1CCc2ncnc(N3CC4(CCNCC4)c4cc(OCc5ccccc5)ccc43)c21. The molecule has 1 saturated heterocycles. The van der Waals surface area contributed by atoms with E-state index in [1.165, 1.54) is 34.5 Å². The maximum absolute atomic E-state index is 6.22. The second-order valence-electron chi connectivity index (χ2n) is 9.57. The molecule has 3 aromatic rings. The highest BCUT2D eigenvalue weighted by molar-refractivity contribution is 5.74. The first-order chi connectivity index (χ1) is 15.7. The van der Waals surface area contributed by atoms with Crippen molar-refractivity contribution in [3.8, 4) is 5.75 Å². The molecule has 1 spiro atoms. The Bertz CT molecular complexity index is 1120. The Morgan fingerprint density at radius 2 is 1.94 bits per heavy atom. The van der Waals surface area contributed by atoms with E-state index < -0.39 is 0 Å². The van der Waals surface area contributed by atoms with Crippen LogP contribution in [0.2, 0.25) is 0 Å². The van der Waals surface area contributed by atoms with Crippen molar-refractivity contribution in [2.45, 2.75) is 50.5 Å². The fraction of sp³-hybridized carbons (Fsp3) is 0.407. The van der Waals surface area contributed by atoms with E-state index in [9.17, 15) is 0 Å². The summed E-state index contributed by atoms with van der Waals surface area (Å²) in [5.41, 5.74) is 6.64. The van der Waals surface area contributed by atoms with Crippen LogP contribution in [0.1, 0.15) is 54.5 Å². The molecular formula is C27H30N4O. The van der Waals surface area contributed by atoms with E-state index in [-0.39, 0.29) is 5.41 Å². The number of nitrogens with zero attached hydrogens (tertiary/aromatic N) is 3. The molecule has 3 heterocycles. The third-order valence-corrected chi connectivity index (χ3v) is 7.61. The highest BCUT2D eigenvalue weighted by Gasteiger charge is 2.45. The third kappa shape index (κ3) is 3.27. The van der Waals surface area contributed by atoms with Crippen molar-refractivity contribution in [2.75, 3.05) is 24.5 Å². The molecule has 1 aliphatic carbocycles. The lowest BCUT2D eigenvalue weighted by Gasteiger charge is -2.35. The number of rotatable bonds is 4. The lowest BCUT2D eigenvalue weighted by Crippen LogP contribution is -2.42. The van der Waals surface area contributed by atoms with E-state index in [1.54, 1.807) is 6.33 Å². The fourth-order valence-corrected chi connectivity index (χ4v) is 5.84. The average Bonchev–Trinajstić information content (AvgIpc) is 3.37. The van der Waals surface area contributed by atoms with Gasteiger partial charge in [0.1, 0.15) is 24.5 Å². The highest BCUT2D eigenvalue weighted by atomic mass is 16.5. The third-order valence-electron chi connectivity index (χ3n) is 7.61. The number of fused-ring (bicyclic) bond motifs is 3. The van der Waals surface area contributed by atoms with E-state index in [0.29, 0.717) is 12.5 Å². The lowest BCUT2D eigenvalue weighted by atomic mass is 9.75. The maximum atomic E-state index is 6.22. The van der Waals surface area contributed by atoms with Crippen LogP contribution in [0.5, 0.6) is 5.75 Å². The van der Waals surface area contributed by atoms with E-state index in [4.69, 9.17) is 9.72 Å². The van der Waals surface area contributed by atoms with Crippen LogP contribution in [0, 0.1) is 0 Å². The molecule has 0 radical (unpaired) electrons. The van der Waals surface area contributed by atoms with Gasteiger partial charge in [0.05, 0.1) is 0 Å². The Kier molecular flexibility index (Phi) is 4.87. The van der Waals surface area contributed by atoms with Crippen LogP contribution in [-0.4, -0.2) is 29.6 Å². The summed E-state index contributed by atoms with van der Waals surface area (Å²) in [6.07, 6.45) is 6.27. The van der Waals surface area contributed by atoms with Crippen LogP contribution in [0.15, 0.2) is 54.9 Å².